The largest absolute Gasteiger partial charge is 0.287 e. The van der Waals surface area contributed by atoms with Crippen molar-refractivity contribution >= 4 is 28.3 Å². The van der Waals surface area contributed by atoms with E-state index in [9.17, 15) is 9.59 Å². The third-order valence-corrected chi connectivity index (χ3v) is 5.44. The number of hydrogen-bond donors (Lipinski definition) is 0. The molecule has 0 aliphatic heterocycles. The molecule has 4 aromatic rings. The van der Waals surface area contributed by atoms with E-state index in [1.54, 1.807) is 21.1 Å². The van der Waals surface area contributed by atoms with Gasteiger partial charge < -0.3 is 0 Å². The van der Waals surface area contributed by atoms with Gasteiger partial charge >= 0.3 is 0 Å². The smallest absolute Gasteiger partial charge is 0.262 e. The zero-order valence-corrected chi connectivity index (χ0v) is 15.9. The normalized spacial score (nSPS) is 11.3. The summed E-state index contributed by atoms with van der Waals surface area (Å²) in [5.74, 6) is 0.463. The molecule has 0 aliphatic rings. The average Bonchev–Trinajstić information content (AvgIpc) is 2.66. The fourth-order valence-electron chi connectivity index (χ4n) is 3.11. The molecule has 0 spiro atoms. The third-order valence-electron chi connectivity index (χ3n) is 4.43. The first-order valence-electron chi connectivity index (χ1n) is 8.69. The molecule has 3 heterocycles. The van der Waals surface area contributed by atoms with Gasteiger partial charge in [-0.3, -0.25) is 18.6 Å². The van der Waals surface area contributed by atoms with Crippen LogP contribution < -0.4 is 11.1 Å². The van der Waals surface area contributed by atoms with Crippen LogP contribution in [-0.4, -0.2) is 18.9 Å². The van der Waals surface area contributed by atoms with Crippen molar-refractivity contribution in [3.8, 4) is 0 Å². The minimum absolute atomic E-state index is 0.0484. The number of fused-ring (bicyclic) bond motifs is 2. The monoisotopic (exact) mass is 378 g/mol. The summed E-state index contributed by atoms with van der Waals surface area (Å²) in [5.41, 5.74) is 2.66. The summed E-state index contributed by atoms with van der Waals surface area (Å²) in [6, 6.07) is 14.5. The molecule has 0 atom stereocenters. The zero-order chi connectivity index (χ0) is 19.0. The maximum absolute atomic E-state index is 12.7. The molecule has 136 valence electrons. The average molecular weight is 378 g/mol. The van der Waals surface area contributed by atoms with Gasteiger partial charge in [0.25, 0.3) is 11.1 Å². The van der Waals surface area contributed by atoms with Crippen LogP contribution in [-0.2, 0) is 12.3 Å². The fraction of sp³-hybridized carbons (Fsp3) is 0.200. The molecule has 3 aromatic heterocycles. The Morgan fingerprint density at radius 3 is 2.67 bits per heavy atom. The second-order valence-electron chi connectivity index (χ2n) is 6.20. The van der Waals surface area contributed by atoms with Gasteiger partial charge in [0.05, 0.1) is 16.6 Å². The van der Waals surface area contributed by atoms with E-state index in [1.807, 2.05) is 50.2 Å². The number of rotatable bonds is 4. The van der Waals surface area contributed by atoms with Crippen LogP contribution in [0.2, 0.25) is 0 Å². The highest BCUT2D eigenvalue weighted by Gasteiger charge is 2.11. The Hall–Kier alpha value is -2.93. The molecule has 0 fully saturated rings. The van der Waals surface area contributed by atoms with Gasteiger partial charge in [0.15, 0.2) is 5.16 Å². The van der Waals surface area contributed by atoms with E-state index in [0.29, 0.717) is 39.7 Å². The Labute approximate surface area is 159 Å². The molecule has 4 rings (SSSR count). The van der Waals surface area contributed by atoms with Crippen molar-refractivity contribution < 1.29 is 0 Å². The maximum Gasteiger partial charge on any atom is 0.262 e. The molecular weight excluding hydrogens is 360 g/mol. The van der Waals surface area contributed by atoms with Crippen LogP contribution in [0.3, 0.4) is 0 Å². The molecule has 27 heavy (non-hydrogen) atoms. The van der Waals surface area contributed by atoms with Crippen LogP contribution >= 0.6 is 11.8 Å². The number of hydrogen-bond acceptors (Lipinski definition) is 5. The van der Waals surface area contributed by atoms with Crippen molar-refractivity contribution in [2.75, 3.05) is 0 Å². The van der Waals surface area contributed by atoms with E-state index >= 15 is 0 Å². The third kappa shape index (κ3) is 3.14. The van der Waals surface area contributed by atoms with Crippen LogP contribution in [0.4, 0.5) is 0 Å². The predicted octanol–water partition coefficient (Wildman–Crippen LogP) is 3.03. The van der Waals surface area contributed by atoms with Crippen molar-refractivity contribution in [2.24, 2.45) is 0 Å². The molecule has 0 bridgehead atoms. The second kappa shape index (κ2) is 7.00. The molecule has 0 unspecified atom stereocenters. The Morgan fingerprint density at radius 2 is 1.85 bits per heavy atom. The Kier molecular flexibility index (Phi) is 4.53. The summed E-state index contributed by atoms with van der Waals surface area (Å²) in [4.78, 5) is 34.3. The lowest BCUT2D eigenvalue weighted by Gasteiger charge is -2.11. The van der Waals surface area contributed by atoms with Crippen LogP contribution in [0, 0.1) is 6.92 Å². The molecule has 6 nitrogen and oxygen atoms in total. The van der Waals surface area contributed by atoms with Crippen LogP contribution in [0.25, 0.3) is 16.6 Å². The summed E-state index contributed by atoms with van der Waals surface area (Å²) in [5, 5.41) is 1.24. The molecular formula is C20H18N4O2S. The first kappa shape index (κ1) is 17.5. The minimum atomic E-state index is -0.104. The van der Waals surface area contributed by atoms with Crippen LogP contribution in [0.5, 0.6) is 0 Å². The number of aromatic nitrogens is 4. The van der Waals surface area contributed by atoms with Crippen molar-refractivity contribution in [3.63, 3.8) is 0 Å². The number of thioether (sulfide) groups is 1. The van der Waals surface area contributed by atoms with E-state index in [-0.39, 0.29) is 11.1 Å². The minimum Gasteiger partial charge on any atom is -0.287 e. The Morgan fingerprint density at radius 1 is 1.04 bits per heavy atom. The van der Waals surface area contributed by atoms with Crippen molar-refractivity contribution in [1.82, 2.24) is 18.9 Å². The molecule has 0 N–H and O–H groups in total. The summed E-state index contributed by atoms with van der Waals surface area (Å²) < 4.78 is 3.25. The lowest BCUT2D eigenvalue weighted by molar-refractivity contribution is 0.634. The van der Waals surface area contributed by atoms with Crippen molar-refractivity contribution in [3.05, 3.63) is 80.6 Å². The highest BCUT2D eigenvalue weighted by atomic mass is 32.2. The number of nitrogens with zero attached hydrogens (tertiary/aromatic N) is 4. The lowest BCUT2D eigenvalue weighted by Crippen LogP contribution is -2.22. The first-order valence-corrected chi connectivity index (χ1v) is 9.67. The number of pyridine rings is 1. The van der Waals surface area contributed by atoms with E-state index in [2.05, 4.69) is 9.97 Å². The van der Waals surface area contributed by atoms with Gasteiger partial charge in [-0.1, -0.05) is 30.0 Å². The van der Waals surface area contributed by atoms with Gasteiger partial charge in [0.1, 0.15) is 5.65 Å². The molecule has 0 aliphatic carbocycles. The van der Waals surface area contributed by atoms with Gasteiger partial charge in [-0.25, -0.2) is 9.97 Å². The quantitative estimate of drug-likeness (QED) is 0.403. The van der Waals surface area contributed by atoms with Crippen molar-refractivity contribution in [1.29, 1.82) is 0 Å². The van der Waals surface area contributed by atoms with Gasteiger partial charge in [-0.05, 0) is 38.1 Å². The SMILES string of the molecule is CCn1c(SCc2cc(=O)n3c(C)cccc3n2)nc2ccccc2c1=O. The number of benzene rings is 1. The summed E-state index contributed by atoms with van der Waals surface area (Å²) >= 11 is 1.42. The summed E-state index contributed by atoms with van der Waals surface area (Å²) in [6.45, 7) is 4.33. The van der Waals surface area contributed by atoms with Crippen molar-refractivity contribution in [2.45, 2.75) is 31.3 Å². The zero-order valence-electron chi connectivity index (χ0n) is 15.0. The maximum atomic E-state index is 12.7. The van der Waals surface area contributed by atoms with Gasteiger partial charge in [0.2, 0.25) is 0 Å². The number of para-hydroxylation sites is 1. The molecule has 0 radical (unpaired) electrons. The summed E-state index contributed by atoms with van der Waals surface area (Å²) in [7, 11) is 0. The standard InChI is InChI=1S/C20H18N4O2S/c1-3-23-19(26)15-8-4-5-9-16(15)22-20(23)27-12-14-11-18(25)24-13(2)7-6-10-17(24)21-14/h4-11H,3,12H2,1-2H3. The van der Waals surface area contributed by atoms with Crippen LogP contribution in [0.1, 0.15) is 18.3 Å². The molecule has 1 aromatic carbocycles. The van der Waals surface area contributed by atoms with E-state index in [1.165, 1.54) is 11.8 Å². The van der Waals surface area contributed by atoms with E-state index in [4.69, 9.17) is 0 Å². The fourth-order valence-corrected chi connectivity index (χ4v) is 4.07. The Bertz CT molecular complexity index is 1280. The summed E-state index contributed by atoms with van der Waals surface area (Å²) in [6.07, 6.45) is 0. The molecule has 0 saturated heterocycles. The van der Waals surface area contributed by atoms with E-state index < -0.39 is 0 Å². The highest BCUT2D eigenvalue weighted by Crippen LogP contribution is 2.21. The van der Waals surface area contributed by atoms with Gasteiger partial charge in [0, 0.05) is 24.1 Å². The first-order chi connectivity index (χ1) is 13.1. The molecule has 0 saturated carbocycles. The Balaban J connectivity index is 1.73. The second-order valence-corrected chi connectivity index (χ2v) is 7.14. The predicted molar refractivity (Wildman–Crippen MR) is 107 cm³/mol. The molecule has 7 heteroatoms. The van der Waals surface area contributed by atoms with Gasteiger partial charge in [-0.15, -0.1) is 0 Å². The number of aryl methyl sites for hydroxylation is 1. The lowest BCUT2D eigenvalue weighted by atomic mass is 10.2. The van der Waals surface area contributed by atoms with E-state index in [0.717, 1.165) is 5.69 Å². The molecule has 0 amide bonds. The topological polar surface area (TPSA) is 69.3 Å². The van der Waals surface area contributed by atoms with Gasteiger partial charge in [-0.2, -0.15) is 0 Å². The highest BCUT2D eigenvalue weighted by molar-refractivity contribution is 7.98. The van der Waals surface area contributed by atoms with Crippen LogP contribution in [0.15, 0.2) is 63.3 Å².